The van der Waals surface area contributed by atoms with Crippen molar-refractivity contribution in [2.24, 2.45) is 0 Å². The Labute approximate surface area is 150 Å². The van der Waals surface area contributed by atoms with Gasteiger partial charge < -0.3 is 14.5 Å². The third-order valence-corrected chi connectivity index (χ3v) is 5.43. The van der Waals surface area contributed by atoms with Gasteiger partial charge in [-0.3, -0.25) is 9.59 Å². The predicted molar refractivity (Wildman–Crippen MR) is 96.8 cm³/mol. The van der Waals surface area contributed by atoms with E-state index in [1.807, 2.05) is 0 Å². The Morgan fingerprint density at radius 1 is 1.20 bits per heavy atom. The highest BCUT2D eigenvalue weighted by Crippen LogP contribution is 2.30. The summed E-state index contributed by atoms with van der Waals surface area (Å²) in [6.07, 6.45) is 2.40. The molecule has 1 fully saturated rings. The lowest BCUT2D eigenvalue weighted by Gasteiger charge is -2.35. The highest BCUT2D eigenvalue weighted by molar-refractivity contribution is 7.18. The van der Waals surface area contributed by atoms with E-state index < -0.39 is 5.97 Å². The second kappa shape index (κ2) is 7.77. The van der Waals surface area contributed by atoms with Crippen molar-refractivity contribution >= 4 is 39.2 Å². The zero-order valence-corrected chi connectivity index (χ0v) is 15.3. The minimum Gasteiger partial charge on any atom is -0.466 e. The standard InChI is InChI=1S/C17H22N4O3S/c1-3-12-9-13-16(18-11-19-17(13)25-12)21-7-5-20(6-8-21)14(22)10-15(23)24-4-2/h9,11H,3-8,10H2,1-2H3. The van der Waals surface area contributed by atoms with Crippen LogP contribution < -0.4 is 4.90 Å². The van der Waals surface area contributed by atoms with Crippen molar-refractivity contribution in [3.05, 3.63) is 17.3 Å². The Kier molecular flexibility index (Phi) is 5.47. The second-order valence-corrected chi connectivity index (χ2v) is 6.95. The fourth-order valence-corrected chi connectivity index (χ4v) is 3.86. The number of hydrogen-bond acceptors (Lipinski definition) is 7. The average Bonchev–Trinajstić information content (AvgIpc) is 3.05. The molecule has 2 aromatic rings. The third-order valence-electron chi connectivity index (χ3n) is 4.24. The van der Waals surface area contributed by atoms with E-state index in [1.165, 1.54) is 4.88 Å². The number of nitrogens with zero attached hydrogens (tertiary/aromatic N) is 4. The molecule has 0 aromatic carbocycles. The molecule has 8 heteroatoms. The van der Waals surface area contributed by atoms with Gasteiger partial charge in [-0.05, 0) is 19.4 Å². The smallest absolute Gasteiger partial charge is 0.315 e. The van der Waals surface area contributed by atoms with Crippen LogP contribution >= 0.6 is 11.3 Å². The molecule has 1 saturated heterocycles. The fraction of sp³-hybridized carbons (Fsp3) is 0.529. The van der Waals surface area contributed by atoms with Gasteiger partial charge in [-0.1, -0.05) is 6.92 Å². The number of carbonyl (C=O) groups is 2. The van der Waals surface area contributed by atoms with Crippen LogP contribution in [0.5, 0.6) is 0 Å². The Bertz CT molecular complexity index is 768. The van der Waals surface area contributed by atoms with Crippen molar-refractivity contribution in [1.29, 1.82) is 0 Å². The van der Waals surface area contributed by atoms with Gasteiger partial charge in [-0.15, -0.1) is 11.3 Å². The molecule has 1 aliphatic heterocycles. The van der Waals surface area contributed by atoms with Gasteiger partial charge in [-0.2, -0.15) is 0 Å². The van der Waals surface area contributed by atoms with E-state index >= 15 is 0 Å². The molecule has 7 nitrogen and oxygen atoms in total. The molecular formula is C17H22N4O3S. The molecule has 0 radical (unpaired) electrons. The van der Waals surface area contributed by atoms with Crippen LogP contribution in [-0.4, -0.2) is 59.5 Å². The topological polar surface area (TPSA) is 75.6 Å². The molecule has 0 spiro atoms. The molecule has 0 bridgehead atoms. The van der Waals surface area contributed by atoms with Gasteiger partial charge in [0.1, 0.15) is 23.4 Å². The first-order valence-corrected chi connectivity index (χ1v) is 9.35. The van der Waals surface area contributed by atoms with E-state index in [0.29, 0.717) is 32.8 Å². The number of rotatable bonds is 5. The summed E-state index contributed by atoms with van der Waals surface area (Å²) >= 11 is 1.70. The normalized spacial score (nSPS) is 14.8. The van der Waals surface area contributed by atoms with E-state index in [4.69, 9.17) is 4.74 Å². The minimum absolute atomic E-state index is 0.172. The first-order valence-electron chi connectivity index (χ1n) is 8.54. The number of anilines is 1. The van der Waals surface area contributed by atoms with Crippen molar-refractivity contribution in [1.82, 2.24) is 14.9 Å². The number of thiophene rings is 1. The monoisotopic (exact) mass is 362 g/mol. The molecule has 1 amide bonds. The van der Waals surface area contributed by atoms with Gasteiger partial charge in [0.15, 0.2) is 0 Å². The number of carbonyl (C=O) groups excluding carboxylic acids is 2. The van der Waals surface area contributed by atoms with Gasteiger partial charge in [0.2, 0.25) is 5.91 Å². The fourth-order valence-electron chi connectivity index (χ4n) is 2.93. The average molecular weight is 362 g/mol. The molecule has 2 aromatic heterocycles. The van der Waals surface area contributed by atoms with E-state index in [-0.39, 0.29) is 12.3 Å². The SMILES string of the molecule is CCOC(=O)CC(=O)N1CCN(c2ncnc3sc(CC)cc23)CC1. The molecule has 3 heterocycles. The lowest BCUT2D eigenvalue weighted by atomic mass is 10.2. The summed E-state index contributed by atoms with van der Waals surface area (Å²) in [5.41, 5.74) is 0. The number of ether oxygens (including phenoxy) is 1. The number of aryl methyl sites for hydroxylation is 1. The summed E-state index contributed by atoms with van der Waals surface area (Å²) in [5, 5.41) is 1.08. The summed E-state index contributed by atoms with van der Waals surface area (Å²) in [4.78, 5) is 38.7. The molecule has 1 aliphatic rings. The van der Waals surface area contributed by atoms with Crippen LogP contribution in [0, 0.1) is 0 Å². The van der Waals surface area contributed by atoms with E-state index in [2.05, 4.69) is 27.9 Å². The molecule has 0 atom stereocenters. The summed E-state index contributed by atoms with van der Waals surface area (Å²) in [7, 11) is 0. The second-order valence-electron chi connectivity index (χ2n) is 5.83. The zero-order chi connectivity index (χ0) is 17.8. The van der Waals surface area contributed by atoms with Crippen LogP contribution in [0.4, 0.5) is 5.82 Å². The predicted octanol–water partition coefficient (Wildman–Crippen LogP) is 1.86. The lowest BCUT2D eigenvalue weighted by Crippen LogP contribution is -2.49. The van der Waals surface area contributed by atoms with Gasteiger partial charge >= 0.3 is 5.97 Å². The molecular weight excluding hydrogens is 340 g/mol. The Morgan fingerprint density at radius 3 is 2.64 bits per heavy atom. The maximum atomic E-state index is 12.2. The summed E-state index contributed by atoms with van der Waals surface area (Å²) < 4.78 is 4.84. The number of hydrogen-bond donors (Lipinski definition) is 0. The quantitative estimate of drug-likeness (QED) is 0.597. The van der Waals surface area contributed by atoms with Crippen molar-refractivity contribution in [2.75, 3.05) is 37.7 Å². The number of aromatic nitrogens is 2. The van der Waals surface area contributed by atoms with Crippen LogP contribution in [0.3, 0.4) is 0 Å². The summed E-state index contributed by atoms with van der Waals surface area (Å²) in [6.45, 7) is 6.70. The third kappa shape index (κ3) is 3.89. The number of fused-ring (bicyclic) bond motifs is 1. The van der Waals surface area contributed by atoms with E-state index in [0.717, 1.165) is 22.5 Å². The lowest BCUT2D eigenvalue weighted by molar-refractivity contribution is -0.148. The van der Waals surface area contributed by atoms with E-state index in [9.17, 15) is 9.59 Å². The van der Waals surface area contributed by atoms with Gasteiger partial charge in [0, 0.05) is 31.1 Å². The van der Waals surface area contributed by atoms with Crippen molar-refractivity contribution in [3.63, 3.8) is 0 Å². The van der Waals surface area contributed by atoms with Gasteiger partial charge in [-0.25, -0.2) is 9.97 Å². The van der Waals surface area contributed by atoms with Gasteiger partial charge in [0.25, 0.3) is 0 Å². The van der Waals surface area contributed by atoms with Crippen molar-refractivity contribution in [3.8, 4) is 0 Å². The van der Waals surface area contributed by atoms with Crippen LogP contribution in [0.1, 0.15) is 25.1 Å². The zero-order valence-electron chi connectivity index (χ0n) is 14.5. The molecule has 0 N–H and O–H groups in total. The molecule has 134 valence electrons. The van der Waals surface area contributed by atoms with Crippen molar-refractivity contribution in [2.45, 2.75) is 26.7 Å². The van der Waals surface area contributed by atoms with E-state index in [1.54, 1.807) is 29.5 Å². The Morgan fingerprint density at radius 2 is 1.96 bits per heavy atom. The Balaban J connectivity index is 1.65. The molecule has 0 unspecified atom stereocenters. The van der Waals surface area contributed by atoms with Crippen LogP contribution in [0.25, 0.3) is 10.2 Å². The highest BCUT2D eigenvalue weighted by Gasteiger charge is 2.25. The summed E-state index contributed by atoms with van der Waals surface area (Å²) in [6, 6.07) is 2.16. The maximum Gasteiger partial charge on any atom is 0.315 e. The van der Waals surface area contributed by atoms with Crippen molar-refractivity contribution < 1.29 is 14.3 Å². The first kappa shape index (κ1) is 17.6. The van der Waals surface area contributed by atoms with Crippen LogP contribution in [0.15, 0.2) is 12.4 Å². The largest absolute Gasteiger partial charge is 0.466 e. The minimum atomic E-state index is -0.460. The number of piperazine rings is 1. The number of esters is 1. The van der Waals surface area contributed by atoms with Crippen LogP contribution in [0.2, 0.25) is 0 Å². The molecule has 0 aliphatic carbocycles. The number of amides is 1. The highest BCUT2D eigenvalue weighted by atomic mass is 32.1. The van der Waals surface area contributed by atoms with Crippen LogP contribution in [-0.2, 0) is 20.7 Å². The molecule has 3 rings (SSSR count). The van der Waals surface area contributed by atoms with Gasteiger partial charge in [0.05, 0.1) is 12.0 Å². The molecule has 0 saturated carbocycles. The maximum absolute atomic E-state index is 12.2. The first-order chi connectivity index (χ1) is 12.1. The molecule has 25 heavy (non-hydrogen) atoms. The Hall–Kier alpha value is -2.22. The summed E-state index contributed by atoms with van der Waals surface area (Å²) in [5.74, 6) is 0.297.